The Kier molecular flexibility index (Phi) is 23.4. The number of aromatic carboxylic acids is 1. The van der Waals surface area contributed by atoms with Crippen LogP contribution in [0.15, 0.2) is 130 Å². The van der Waals surface area contributed by atoms with Gasteiger partial charge >= 0.3 is 5.97 Å². The van der Waals surface area contributed by atoms with Crippen molar-refractivity contribution in [1.29, 1.82) is 0 Å². The number of carboxylic acid groups (broad SMARTS) is 1. The van der Waals surface area contributed by atoms with Crippen LogP contribution in [0.25, 0.3) is 66.8 Å². The van der Waals surface area contributed by atoms with Crippen LogP contribution in [-0.2, 0) is 0 Å². The molecule has 0 saturated carbocycles. The summed E-state index contributed by atoms with van der Waals surface area (Å²) in [4.78, 5) is 32.4. The van der Waals surface area contributed by atoms with E-state index in [1.54, 1.807) is 12.1 Å². The SMILES string of the molecule is CCN(CC)c1ccc2c(-c3ccccc3C(=O)N3CCC(O)CC3)c3ccc(=[N+](CC)CC)cc-3oc2c1.CCN(CC)c1ccc2c(-c3ccccc3C(=O)O)c3ccc(=[N+](CC)CC)cc-3oc2c1.OC1CCNCC1.[Cl-].[Cl-]. The molecular formula is C66H82Cl2N6O7. The minimum atomic E-state index is -0.938. The number of carboxylic acids is 1. The van der Waals surface area contributed by atoms with E-state index in [-0.39, 0.29) is 48.5 Å². The minimum Gasteiger partial charge on any atom is -1.00 e. The Balaban J connectivity index is 0.000000230. The Hall–Kier alpha value is -6.74. The lowest BCUT2D eigenvalue weighted by molar-refractivity contribution is -0.00100. The molecule has 0 aromatic heterocycles. The summed E-state index contributed by atoms with van der Waals surface area (Å²) in [5, 5.41) is 36.0. The number of carbonyl (C=O) groups excluding carboxylic acids is 1. The summed E-state index contributed by atoms with van der Waals surface area (Å²) in [5.41, 5.74) is 10.1. The molecule has 4 N–H and O–H groups in total. The Morgan fingerprint density at radius 1 is 0.531 bits per heavy atom. The van der Waals surface area contributed by atoms with Crippen molar-refractivity contribution in [2.24, 2.45) is 0 Å². The number of likely N-dealkylation sites (tertiary alicyclic amines) is 1. The van der Waals surface area contributed by atoms with E-state index < -0.39 is 5.97 Å². The Morgan fingerprint density at radius 3 is 1.33 bits per heavy atom. The van der Waals surface area contributed by atoms with E-state index in [9.17, 15) is 19.8 Å². The van der Waals surface area contributed by atoms with Gasteiger partial charge in [0.05, 0.1) is 29.9 Å². The normalized spacial score (nSPS) is 13.6. The number of hydrogen-bond donors (Lipinski definition) is 4. The number of aliphatic hydroxyl groups is 2. The van der Waals surface area contributed by atoms with Crippen LogP contribution >= 0.6 is 0 Å². The standard InChI is InChI=1S/C33H40N3O3.C28H30N2O3.C5H11NO.2ClH/c1-5-34(6-2)23-13-15-28-30(21-23)39-31-22-24(35(7-3)8-4)14-16-29(31)32(28)26-11-9-10-12-27(26)33(38)36-19-17-25(37)18-20-36;1-5-29(6-2)19-13-15-23-25(17-19)33-26-18-20(30(7-3)8-4)14-16-24(26)27(23)21-11-9-10-12-22(21)28(31)32;7-5-1-3-6-4-2-5;;/h9-16,21-22,25,37H,5-8,17-20H2,1-4H3;9-18H,5-8H2,1-4H3;5-7H,1-4H2;2*1H/q+1;;;;/p-1. The molecule has 10 rings (SSSR count). The first-order valence-corrected chi connectivity index (χ1v) is 28.8. The molecule has 81 heavy (non-hydrogen) atoms. The molecule has 0 spiro atoms. The molecule has 2 saturated heterocycles. The number of carbonyl (C=O) groups is 2. The van der Waals surface area contributed by atoms with E-state index in [0.717, 1.165) is 162 Å². The van der Waals surface area contributed by atoms with Gasteiger partial charge < -0.3 is 69.0 Å². The number of piperidine rings is 2. The summed E-state index contributed by atoms with van der Waals surface area (Å²) < 4.78 is 17.7. The molecule has 0 atom stereocenters. The van der Waals surface area contributed by atoms with Crippen molar-refractivity contribution >= 4 is 45.2 Å². The largest absolute Gasteiger partial charge is 1.00 e. The van der Waals surface area contributed by atoms with Gasteiger partial charge in [0, 0.05) is 113 Å². The highest BCUT2D eigenvalue weighted by atomic mass is 35.5. The number of rotatable bonds is 14. The van der Waals surface area contributed by atoms with Gasteiger partial charge in [0.1, 0.15) is 48.9 Å². The van der Waals surface area contributed by atoms with Crippen LogP contribution in [0.5, 0.6) is 0 Å². The quantitative estimate of drug-likeness (QED) is 0.0889. The zero-order chi connectivity index (χ0) is 56.2. The second-order valence-electron chi connectivity index (χ2n) is 20.3. The van der Waals surface area contributed by atoms with Gasteiger partial charge in [0.2, 0.25) is 10.7 Å². The summed E-state index contributed by atoms with van der Waals surface area (Å²) in [6.45, 7) is 27.5. The number of fused-ring (bicyclic) bond motifs is 4. The lowest BCUT2D eigenvalue weighted by Gasteiger charge is -2.30. The zero-order valence-corrected chi connectivity index (χ0v) is 50.0. The van der Waals surface area contributed by atoms with Crippen LogP contribution in [0.3, 0.4) is 0 Å². The monoisotopic (exact) mass is 1140 g/mol. The zero-order valence-electron chi connectivity index (χ0n) is 48.5. The maximum Gasteiger partial charge on any atom is 0.336 e. The molecule has 2 aliphatic carbocycles. The van der Waals surface area contributed by atoms with Crippen LogP contribution < -0.4 is 59.8 Å². The van der Waals surface area contributed by atoms with Gasteiger partial charge in [-0.1, -0.05) is 36.4 Å². The Morgan fingerprint density at radius 2 is 0.938 bits per heavy atom. The smallest absolute Gasteiger partial charge is 0.336 e. The van der Waals surface area contributed by atoms with Gasteiger partial charge in [-0.3, -0.25) is 4.79 Å². The van der Waals surface area contributed by atoms with Gasteiger partial charge in [0.25, 0.3) is 5.91 Å². The van der Waals surface area contributed by atoms with E-state index in [2.05, 4.69) is 159 Å². The lowest BCUT2D eigenvalue weighted by atomic mass is 9.90. The molecular weight excluding hydrogens is 1060 g/mol. The van der Waals surface area contributed by atoms with Crippen molar-refractivity contribution in [2.45, 2.75) is 93.3 Å². The third-order valence-corrected chi connectivity index (χ3v) is 15.8. The van der Waals surface area contributed by atoms with Crippen LogP contribution in [0.4, 0.5) is 11.4 Å². The highest BCUT2D eigenvalue weighted by molar-refractivity contribution is 6.10. The summed E-state index contributed by atoms with van der Waals surface area (Å²) in [6.07, 6.45) is 2.74. The third-order valence-electron chi connectivity index (χ3n) is 15.8. The number of nitrogens with zero attached hydrogens (tertiary/aromatic N) is 5. The maximum atomic E-state index is 13.8. The second kappa shape index (κ2) is 29.8. The van der Waals surface area contributed by atoms with Crippen molar-refractivity contribution in [1.82, 2.24) is 19.4 Å². The molecule has 6 aliphatic rings. The van der Waals surface area contributed by atoms with Crippen molar-refractivity contribution in [2.75, 3.05) is 88.3 Å². The molecule has 0 radical (unpaired) electrons. The van der Waals surface area contributed by atoms with Gasteiger partial charge in [-0.25, -0.2) is 13.9 Å². The van der Waals surface area contributed by atoms with Crippen molar-refractivity contribution in [3.8, 4) is 44.9 Å². The number of amides is 1. The number of anilines is 2. The first kappa shape index (κ1) is 63.4. The number of nitrogens with one attached hydrogen (secondary N) is 1. The van der Waals surface area contributed by atoms with Crippen LogP contribution in [0.1, 0.15) is 102 Å². The fraction of sp³-hybridized carbons (Fsp3) is 0.394. The molecule has 432 valence electrons. The number of halogens is 2. The summed E-state index contributed by atoms with van der Waals surface area (Å²) in [5.74, 6) is 0.632. The van der Waals surface area contributed by atoms with Gasteiger partial charge in [-0.15, -0.1) is 0 Å². The average Bonchev–Trinajstić information content (AvgIpc) is 3.56. The van der Waals surface area contributed by atoms with Crippen LogP contribution in [-0.4, -0.2) is 123 Å². The van der Waals surface area contributed by atoms with E-state index >= 15 is 0 Å². The first-order chi connectivity index (χ1) is 38.4. The molecule has 13 nitrogen and oxygen atoms in total. The van der Waals surface area contributed by atoms with E-state index in [1.807, 2.05) is 35.2 Å². The van der Waals surface area contributed by atoms with E-state index in [1.165, 1.54) is 0 Å². The summed E-state index contributed by atoms with van der Waals surface area (Å²) >= 11 is 0. The topological polar surface area (TPSA) is 149 Å². The fourth-order valence-electron chi connectivity index (χ4n) is 11.3. The van der Waals surface area contributed by atoms with Crippen LogP contribution in [0, 0.1) is 0 Å². The van der Waals surface area contributed by atoms with E-state index in [4.69, 9.17) is 13.9 Å². The molecule has 15 heteroatoms. The third kappa shape index (κ3) is 14.3. The van der Waals surface area contributed by atoms with Crippen molar-refractivity contribution in [3.05, 3.63) is 143 Å². The number of aliphatic hydroxyl groups excluding tert-OH is 2. The molecule has 4 aromatic rings. The molecule has 4 aromatic carbocycles. The Bertz CT molecular complexity index is 3450. The highest BCUT2D eigenvalue weighted by Gasteiger charge is 2.28. The number of hydrogen-bond acceptors (Lipinski definition) is 9. The van der Waals surface area contributed by atoms with Crippen molar-refractivity contribution in [3.63, 3.8) is 0 Å². The number of benzene rings is 6. The predicted molar refractivity (Wildman–Crippen MR) is 323 cm³/mol. The van der Waals surface area contributed by atoms with Gasteiger partial charge in [-0.05, 0) is 154 Å². The van der Waals surface area contributed by atoms with Crippen molar-refractivity contribution < 1.29 is 58.6 Å². The lowest BCUT2D eigenvalue weighted by Crippen LogP contribution is -3.00. The summed E-state index contributed by atoms with van der Waals surface area (Å²) in [6, 6.07) is 40.4. The minimum absolute atomic E-state index is 0. The Labute approximate surface area is 490 Å². The second-order valence-corrected chi connectivity index (χ2v) is 20.3. The van der Waals surface area contributed by atoms with Crippen LogP contribution in [0.2, 0.25) is 0 Å². The molecule has 2 fully saturated rings. The molecule has 0 bridgehead atoms. The predicted octanol–water partition coefficient (Wildman–Crippen LogP) is 4.76. The molecule has 4 aliphatic heterocycles. The van der Waals surface area contributed by atoms with E-state index in [0.29, 0.717) is 37.1 Å². The maximum absolute atomic E-state index is 13.8. The molecule has 4 heterocycles. The van der Waals surface area contributed by atoms with Gasteiger partial charge in [0.15, 0.2) is 0 Å². The average molecular weight is 1140 g/mol. The molecule has 1 amide bonds. The fourth-order valence-corrected chi connectivity index (χ4v) is 11.3. The molecule has 0 unspecified atom stereocenters. The summed E-state index contributed by atoms with van der Waals surface area (Å²) in [7, 11) is 0. The first-order valence-electron chi connectivity index (χ1n) is 28.8. The van der Waals surface area contributed by atoms with Gasteiger partial charge in [-0.2, -0.15) is 0 Å². The highest BCUT2D eigenvalue weighted by Crippen LogP contribution is 2.44.